The molecule has 0 aromatic heterocycles. The van der Waals surface area contributed by atoms with Crippen molar-refractivity contribution < 1.29 is 24.0 Å². The van der Waals surface area contributed by atoms with Gasteiger partial charge in [0.25, 0.3) is 11.8 Å². The van der Waals surface area contributed by atoms with Crippen LogP contribution in [0.15, 0.2) is 12.2 Å². The number of hydrogen-bond donors (Lipinski definition) is 3. The number of likely N-dealkylation sites (N-methyl/N-ethyl adjacent to an activating group) is 1. The van der Waals surface area contributed by atoms with Crippen molar-refractivity contribution in [2.45, 2.75) is 58.9 Å². The van der Waals surface area contributed by atoms with Crippen LogP contribution < -0.4 is 16.0 Å². The van der Waals surface area contributed by atoms with Crippen molar-refractivity contribution in [3.63, 3.8) is 0 Å². The maximum absolute atomic E-state index is 12.4. The van der Waals surface area contributed by atoms with Crippen LogP contribution in [0.4, 0.5) is 0 Å². The lowest BCUT2D eigenvalue weighted by atomic mass is 9.98. The molecule has 0 bridgehead atoms. The minimum atomic E-state index is -0.701. The summed E-state index contributed by atoms with van der Waals surface area (Å²) >= 11 is 0. The van der Waals surface area contributed by atoms with E-state index in [0.717, 1.165) is 0 Å². The zero-order chi connectivity index (χ0) is 21.8. The van der Waals surface area contributed by atoms with Gasteiger partial charge in [0, 0.05) is 31.7 Å². The van der Waals surface area contributed by atoms with Crippen molar-refractivity contribution in [3.05, 3.63) is 12.2 Å². The fourth-order valence-corrected chi connectivity index (χ4v) is 2.87. The predicted molar refractivity (Wildman–Crippen MR) is 107 cm³/mol. The maximum atomic E-state index is 12.4. The standard InChI is InChI=1S/C20H32N4O5/c1-4-14(3)19(20(29)22-13-16(26)21-5-2)23-15(25)9-7-6-8-12-24-17(27)10-11-18(24)28/h10-11,14,19H,4-9,12-13H2,1-3H3,(H,21,26)(H,22,29)(H,23,25)/t14?,19-/m0/s1. The molecule has 1 aliphatic rings. The minimum absolute atomic E-state index is 0.0760. The van der Waals surface area contributed by atoms with Gasteiger partial charge in [-0.1, -0.05) is 26.7 Å². The molecule has 9 heteroatoms. The number of nitrogens with zero attached hydrogens (tertiary/aromatic N) is 1. The Morgan fingerprint density at radius 3 is 2.21 bits per heavy atom. The second-order valence-electron chi connectivity index (χ2n) is 7.07. The van der Waals surface area contributed by atoms with Gasteiger partial charge in [-0.15, -0.1) is 0 Å². The third-order valence-electron chi connectivity index (χ3n) is 4.80. The van der Waals surface area contributed by atoms with E-state index < -0.39 is 6.04 Å². The first-order valence-electron chi connectivity index (χ1n) is 10.2. The van der Waals surface area contributed by atoms with Gasteiger partial charge in [-0.2, -0.15) is 0 Å². The Morgan fingerprint density at radius 1 is 0.966 bits per heavy atom. The number of carbonyl (C=O) groups is 5. The van der Waals surface area contributed by atoms with Crippen LogP contribution in [0.1, 0.15) is 52.9 Å². The number of rotatable bonds is 13. The van der Waals surface area contributed by atoms with Crippen LogP contribution in [0.25, 0.3) is 0 Å². The Balaban J connectivity index is 2.36. The van der Waals surface area contributed by atoms with Gasteiger partial charge < -0.3 is 16.0 Å². The fourth-order valence-electron chi connectivity index (χ4n) is 2.87. The normalized spacial score (nSPS) is 15.2. The lowest BCUT2D eigenvalue weighted by Gasteiger charge is -2.23. The number of amides is 5. The van der Waals surface area contributed by atoms with E-state index in [9.17, 15) is 24.0 Å². The molecule has 1 unspecified atom stereocenters. The van der Waals surface area contributed by atoms with Crippen molar-refractivity contribution in [3.8, 4) is 0 Å². The average molecular weight is 408 g/mol. The van der Waals surface area contributed by atoms with Crippen LogP contribution in [-0.2, 0) is 24.0 Å². The molecule has 0 aliphatic carbocycles. The molecule has 2 atom stereocenters. The van der Waals surface area contributed by atoms with Gasteiger partial charge in [0.1, 0.15) is 6.04 Å². The quantitative estimate of drug-likeness (QED) is 0.298. The summed E-state index contributed by atoms with van der Waals surface area (Å²) in [6.07, 6.45) is 5.34. The summed E-state index contributed by atoms with van der Waals surface area (Å²) in [5.41, 5.74) is 0. The molecule has 1 rings (SSSR count). The highest BCUT2D eigenvalue weighted by Gasteiger charge is 2.26. The SMILES string of the molecule is CCNC(=O)CNC(=O)[C@@H](NC(=O)CCCCCN1C(=O)C=CC1=O)C(C)CC. The predicted octanol–water partition coefficient (Wildman–Crippen LogP) is 0.255. The average Bonchev–Trinajstić information content (AvgIpc) is 3.01. The van der Waals surface area contributed by atoms with Gasteiger partial charge in [0.05, 0.1) is 6.54 Å². The van der Waals surface area contributed by atoms with Gasteiger partial charge >= 0.3 is 0 Å². The third-order valence-corrected chi connectivity index (χ3v) is 4.80. The molecule has 1 heterocycles. The second kappa shape index (κ2) is 12.7. The zero-order valence-electron chi connectivity index (χ0n) is 17.5. The summed E-state index contributed by atoms with van der Waals surface area (Å²) in [5, 5.41) is 7.92. The van der Waals surface area contributed by atoms with E-state index in [1.54, 1.807) is 6.92 Å². The van der Waals surface area contributed by atoms with Gasteiger partial charge in [0.2, 0.25) is 17.7 Å². The van der Waals surface area contributed by atoms with Crippen LogP contribution in [0, 0.1) is 5.92 Å². The number of carbonyl (C=O) groups excluding carboxylic acids is 5. The summed E-state index contributed by atoms with van der Waals surface area (Å²) < 4.78 is 0. The van der Waals surface area contributed by atoms with E-state index >= 15 is 0 Å². The highest BCUT2D eigenvalue weighted by Crippen LogP contribution is 2.10. The second-order valence-corrected chi connectivity index (χ2v) is 7.07. The van der Waals surface area contributed by atoms with Crippen LogP contribution >= 0.6 is 0 Å². The third kappa shape index (κ3) is 8.45. The molecular weight excluding hydrogens is 376 g/mol. The summed E-state index contributed by atoms with van der Waals surface area (Å²) in [6, 6.07) is -0.701. The van der Waals surface area contributed by atoms with Crippen molar-refractivity contribution in [2.24, 2.45) is 5.92 Å². The van der Waals surface area contributed by atoms with E-state index in [0.29, 0.717) is 38.8 Å². The first kappa shape index (κ1) is 24.3. The Hall–Kier alpha value is -2.71. The molecule has 0 aromatic carbocycles. The molecule has 9 nitrogen and oxygen atoms in total. The van der Waals surface area contributed by atoms with Gasteiger partial charge in [0.15, 0.2) is 0 Å². The van der Waals surface area contributed by atoms with E-state index in [-0.39, 0.29) is 48.4 Å². The summed E-state index contributed by atoms with van der Waals surface area (Å²) in [7, 11) is 0. The topological polar surface area (TPSA) is 125 Å². The van der Waals surface area contributed by atoms with Crippen LogP contribution in [0.2, 0.25) is 0 Å². The van der Waals surface area contributed by atoms with Gasteiger partial charge in [-0.05, 0) is 25.7 Å². The molecule has 0 radical (unpaired) electrons. The molecule has 5 amide bonds. The van der Waals surface area contributed by atoms with Crippen LogP contribution in [0.3, 0.4) is 0 Å². The largest absolute Gasteiger partial charge is 0.355 e. The molecule has 0 spiro atoms. The number of nitrogens with one attached hydrogen (secondary N) is 3. The highest BCUT2D eigenvalue weighted by molar-refractivity contribution is 6.12. The number of imide groups is 1. The van der Waals surface area contributed by atoms with E-state index in [2.05, 4.69) is 16.0 Å². The Bertz CT molecular complexity index is 629. The van der Waals surface area contributed by atoms with Crippen molar-refractivity contribution in [2.75, 3.05) is 19.6 Å². The summed E-state index contributed by atoms with van der Waals surface area (Å²) in [4.78, 5) is 60.2. The molecule has 29 heavy (non-hydrogen) atoms. The molecule has 3 N–H and O–H groups in total. The van der Waals surface area contributed by atoms with E-state index in [1.165, 1.54) is 17.1 Å². The molecule has 0 saturated carbocycles. The van der Waals surface area contributed by atoms with E-state index in [4.69, 9.17) is 0 Å². The fraction of sp³-hybridized carbons (Fsp3) is 0.650. The van der Waals surface area contributed by atoms with Crippen LogP contribution in [0.5, 0.6) is 0 Å². The Kier molecular flexibility index (Phi) is 10.6. The van der Waals surface area contributed by atoms with Crippen molar-refractivity contribution in [1.29, 1.82) is 0 Å². The summed E-state index contributed by atoms with van der Waals surface area (Å²) in [5.74, 6) is -1.57. The molecule has 0 saturated heterocycles. The molecule has 1 aliphatic heterocycles. The monoisotopic (exact) mass is 408 g/mol. The summed E-state index contributed by atoms with van der Waals surface area (Å²) in [6.45, 7) is 6.28. The Morgan fingerprint density at radius 2 is 1.62 bits per heavy atom. The van der Waals surface area contributed by atoms with Gasteiger partial charge in [-0.3, -0.25) is 28.9 Å². The lowest BCUT2D eigenvalue weighted by molar-refractivity contribution is -0.137. The van der Waals surface area contributed by atoms with Crippen LogP contribution in [-0.4, -0.2) is 60.1 Å². The van der Waals surface area contributed by atoms with Crippen molar-refractivity contribution in [1.82, 2.24) is 20.9 Å². The van der Waals surface area contributed by atoms with Crippen molar-refractivity contribution >= 4 is 29.5 Å². The first-order chi connectivity index (χ1) is 13.8. The number of unbranched alkanes of at least 4 members (excludes halogenated alkanes) is 2. The molecule has 0 aromatic rings. The maximum Gasteiger partial charge on any atom is 0.253 e. The Labute approximate surface area is 171 Å². The minimum Gasteiger partial charge on any atom is -0.355 e. The number of hydrogen-bond acceptors (Lipinski definition) is 5. The molecule has 162 valence electrons. The lowest BCUT2D eigenvalue weighted by Crippen LogP contribution is -2.51. The smallest absolute Gasteiger partial charge is 0.253 e. The zero-order valence-corrected chi connectivity index (χ0v) is 17.5. The molecule has 0 fully saturated rings. The first-order valence-corrected chi connectivity index (χ1v) is 10.2. The highest BCUT2D eigenvalue weighted by atomic mass is 16.2. The van der Waals surface area contributed by atoms with Gasteiger partial charge in [-0.25, -0.2) is 0 Å². The molecular formula is C20H32N4O5. The van der Waals surface area contributed by atoms with E-state index in [1.807, 2.05) is 13.8 Å².